The summed E-state index contributed by atoms with van der Waals surface area (Å²) in [6.45, 7) is -0.547. The highest BCUT2D eigenvalue weighted by atomic mass is 19.4. The van der Waals surface area contributed by atoms with Crippen LogP contribution in [-0.4, -0.2) is 21.5 Å². The Kier molecular flexibility index (Phi) is 2.81. The second-order valence-electron chi connectivity index (χ2n) is 2.89. The molecule has 1 aromatic rings. The van der Waals surface area contributed by atoms with E-state index in [4.69, 9.17) is 10.8 Å². The fraction of sp³-hybridized carbons (Fsp3) is 0.571. The maximum Gasteiger partial charge on any atom is 0.435 e. The van der Waals surface area contributed by atoms with E-state index in [9.17, 15) is 13.2 Å². The van der Waals surface area contributed by atoms with Gasteiger partial charge in [0.2, 0.25) is 0 Å². The minimum Gasteiger partial charge on any atom is -0.394 e. The third-order valence-corrected chi connectivity index (χ3v) is 1.72. The van der Waals surface area contributed by atoms with E-state index < -0.39 is 24.5 Å². The Hall–Kier alpha value is -1.08. The van der Waals surface area contributed by atoms with Crippen LogP contribution in [0.15, 0.2) is 6.20 Å². The Bertz CT molecular complexity index is 320. The number of aliphatic hydroxyl groups excluding tert-OH is 1. The van der Waals surface area contributed by atoms with E-state index in [1.54, 1.807) is 0 Å². The second kappa shape index (κ2) is 3.58. The Labute approximate surface area is 78.1 Å². The van der Waals surface area contributed by atoms with Crippen molar-refractivity contribution in [2.24, 2.45) is 12.8 Å². The van der Waals surface area contributed by atoms with Crippen molar-refractivity contribution in [2.75, 3.05) is 6.61 Å². The summed E-state index contributed by atoms with van der Waals surface area (Å²) in [5, 5.41) is 11.9. The zero-order chi connectivity index (χ0) is 10.9. The first-order chi connectivity index (χ1) is 6.36. The average Bonchev–Trinajstić information content (AvgIpc) is 2.45. The minimum absolute atomic E-state index is 0.192. The van der Waals surface area contributed by atoms with Crippen molar-refractivity contribution >= 4 is 0 Å². The average molecular weight is 209 g/mol. The van der Waals surface area contributed by atoms with Gasteiger partial charge < -0.3 is 10.8 Å². The Morgan fingerprint density at radius 1 is 1.64 bits per heavy atom. The van der Waals surface area contributed by atoms with Gasteiger partial charge in [-0.1, -0.05) is 0 Å². The highest BCUT2D eigenvalue weighted by Gasteiger charge is 2.38. The number of rotatable bonds is 2. The SMILES string of the molecule is Cn1cc([C@H](N)CO)c(C(F)(F)F)n1. The molecule has 4 nitrogen and oxygen atoms in total. The molecule has 0 aromatic carbocycles. The zero-order valence-corrected chi connectivity index (χ0v) is 7.41. The van der Waals surface area contributed by atoms with Crippen LogP contribution in [0.25, 0.3) is 0 Å². The van der Waals surface area contributed by atoms with Crippen LogP contribution in [-0.2, 0) is 13.2 Å². The molecule has 1 atom stereocenters. The summed E-state index contributed by atoms with van der Waals surface area (Å²) >= 11 is 0. The normalized spacial score (nSPS) is 14.4. The summed E-state index contributed by atoms with van der Waals surface area (Å²) in [7, 11) is 1.36. The van der Waals surface area contributed by atoms with Gasteiger partial charge in [-0.3, -0.25) is 4.68 Å². The van der Waals surface area contributed by atoms with Gasteiger partial charge in [-0.2, -0.15) is 18.3 Å². The van der Waals surface area contributed by atoms with Crippen molar-refractivity contribution in [2.45, 2.75) is 12.2 Å². The van der Waals surface area contributed by atoms with E-state index in [0.29, 0.717) is 0 Å². The topological polar surface area (TPSA) is 64.1 Å². The highest BCUT2D eigenvalue weighted by molar-refractivity contribution is 5.23. The fourth-order valence-electron chi connectivity index (χ4n) is 1.10. The van der Waals surface area contributed by atoms with Crippen molar-refractivity contribution < 1.29 is 18.3 Å². The smallest absolute Gasteiger partial charge is 0.394 e. The lowest BCUT2D eigenvalue weighted by atomic mass is 10.1. The van der Waals surface area contributed by atoms with Gasteiger partial charge >= 0.3 is 6.18 Å². The van der Waals surface area contributed by atoms with Crippen LogP contribution in [0.2, 0.25) is 0 Å². The van der Waals surface area contributed by atoms with Gasteiger partial charge in [0.1, 0.15) is 0 Å². The monoisotopic (exact) mass is 209 g/mol. The van der Waals surface area contributed by atoms with Crippen molar-refractivity contribution in [1.82, 2.24) is 9.78 Å². The number of halogens is 3. The van der Waals surface area contributed by atoms with Crippen LogP contribution < -0.4 is 5.73 Å². The van der Waals surface area contributed by atoms with Crippen LogP contribution >= 0.6 is 0 Å². The van der Waals surface area contributed by atoms with Gasteiger partial charge in [-0.05, 0) is 0 Å². The molecule has 0 fully saturated rings. The number of nitrogens with zero attached hydrogens (tertiary/aromatic N) is 2. The summed E-state index contributed by atoms with van der Waals surface area (Å²) in [6, 6.07) is -1.06. The second-order valence-corrected chi connectivity index (χ2v) is 2.89. The summed E-state index contributed by atoms with van der Waals surface area (Å²) in [4.78, 5) is 0. The van der Waals surface area contributed by atoms with Crippen LogP contribution in [0.4, 0.5) is 13.2 Å². The molecule has 7 heteroatoms. The minimum atomic E-state index is -4.54. The molecule has 0 saturated carbocycles. The third-order valence-electron chi connectivity index (χ3n) is 1.72. The molecule has 0 unspecified atom stereocenters. The first kappa shape index (κ1) is 11.0. The quantitative estimate of drug-likeness (QED) is 0.742. The molecule has 0 saturated heterocycles. The van der Waals surface area contributed by atoms with Crippen molar-refractivity contribution in [3.05, 3.63) is 17.5 Å². The molecule has 1 heterocycles. The van der Waals surface area contributed by atoms with Gasteiger partial charge in [0.15, 0.2) is 5.69 Å². The molecule has 0 aliphatic carbocycles. The summed E-state index contributed by atoms with van der Waals surface area (Å²) in [5.74, 6) is 0. The van der Waals surface area contributed by atoms with E-state index in [-0.39, 0.29) is 5.56 Å². The highest BCUT2D eigenvalue weighted by Crippen LogP contribution is 2.32. The molecule has 0 spiro atoms. The number of aliphatic hydroxyl groups is 1. The van der Waals surface area contributed by atoms with Gasteiger partial charge in [-0.25, -0.2) is 0 Å². The molecule has 3 N–H and O–H groups in total. The zero-order valence-electron chi connectivity index (χ0n) is 7.41. The summed E-state index contributed by atoms with van der Waals surface area (Å²) < 4.78 is 38.1. The van der Waals surface area contributed by atoms with Crippen molar-refractivity contribution in [1.29, 1.82) is 0 Å². The standard InChI is InChI=1S/C7H10F3N3O/c1-13-2-4(5(11)3-14)6(12-13)7(8,9)10/h2,5,14H,3,11H2,1H3/t5-/m1/s1. The molecule has 0 amide bonds. The number of aromatic nitrogens is 2. The molecule has 14 heavy (non-hydrogen) atoms. The fourth-order valence-corrected chi connectivity index (χ4v) is 1.10. The maximum atomic E-state index is 12.3. The number of aryl methyl sites for hydroxylation is 1. The van der Waals surface area contributed by atoms with E-state index in [1.165, 1.54) is 7.05 Å². The summed E-state index contributed by atoms with van der Waals surface area (Å²) in [5.41, 5.74) is 4.07. The molecule has 1 rings (SSSR count). The molecule has 0 aliphatic rings. The largest absolute Gasteiger partial charge is 0.435 e. The predicted octanol–water partition coefficient (Wildman–Crippen LogP) is 0.431. The molecule has 80 valence electrons. The lowest BCUT2D eigenvalue weighted by molar-refractivity contribution is -0.142. The van der Waals surface area contributed by atoms with E-state index in [1.807, 2.05) is 0 Å². The van der Waals surface area contributed by atoms with Crippen LogP contribution in [0.1, 0.15) is 17.3 Å². The Morgan fingerprint density at radius 3 is 2.64 bits per heavy atom. The Morgan fingerprint density at radius 2 is 2.21 bits per heavy atom. The van der Waals surface area contributed by atoms with Crippen molar-refractivity contribution in [3.63, 3.8) is 0 Å². The lowest BCUT2D eigenvalue weighted by Crippen LogP contribution is -2.19. The molecule has 0 aliphatic heterocycles. The summed E-state index contributed by atoms with van der Waals surface area (Å²) in [6.07, 6.45) is -3.38. The molecular weight excluding hydrogens is 199 g/mol. The first-order valence-electron chi connectivity index (χ1n) is 3.83. The molecule has 1 aromatic heterocycles. The van der Waals surface area contributed by atoms with Gasteiger partial charge in [0.05, 0.1) is 12.6 Å². The maximum absolute atomic E-state index is 12.3. The van der Waals surface area contributed by atoms with E-state index in [0.717, 1.165) is 10.9 Å². The molecular formula is C7H10F3N3O. The first-order valence-corrected chi connectivity index (χ1v) is 3.83. The van der Waals surface area contributed by atoms with Crippen LogP contribution in [0.5, 0.6) is 0 Å². The lowest BCUT2D eigenvalue weighted by Gasteiger charge is -2.09. The number of alkyl halides is 3. The number of nitrogens with two attached hydrogens (primary N) is 1. The predicted molar refractivity (Wildman–Crippen MR) is 42.2 cm³/mol. The van der Waals surface area contributed by atoms with Crippen LogP contribution in [0.3, 0.4) is 0 Å². The number of hydrogen-bond donors (Lipinski definition) is 2. The third kappa shape index (κ3) is 2.05. The Balaban J connectivity index is 3.16. The van der Waals surface area contributed by atoms with E-state index in [2.05, 4.69) is 5.10 Å². The molecule has 0 radical (unpaired) electrons. The van der Waals surface area contributed by atoms with Gasteiger partial charge in [-0.15, -0.1) is 0 Å². The number of hydrogen-bond acceptors (Lipinski definition) is 3. The van der Waals surface area contributed by atoms with E-state index >= 15 is 0 Å². The molecule has 0 bridgehead atoms. The van der Waals surface area contributed by atoms with Gasteiger partial charge in [0.25, 0.3) is 0 Å². The van der Waals surface area contributed by atoms with Gasteiger partial charge in [0, 0.05) is 18.8 Å². The van der Waals surface area contributed by atoms with Crippen molar-refractivity contribution in [3.8, 4) is 0 Å². The van der Waals surface area contributed by atoms with Crippen LogP contribution in [0, 0.1) is 0 Å².